The van der Waals surface area contributed by atoms with E-state index in [1.54, 1.807) is 14.0 Å². The summed E-state index contributed by atoms with van der Waals surface area (Å²) < 4.78 is 1.44. The number of carbonyl (C=O) groups is 2. The quantitative estimate of drug-likeness (QED) is 0.700. The molecule has 1 unspecified atom stereocenters. The van der Waals surface area contributed by atoms with E-state index in [-0.39, 0.29) is 30.8 Å². The molecule has 0 spiro atoms. The molecule has 112 valence electrons. The maximum absolute atomic E-state index is 12.0. The summed E-state index contributed by atoms with van der Waals surface area (Å²) in [5.41, 5.74) is 7.11. The smallest absolute Gasteiger partial charge is 0.271 e. The minimum Gasteiger partial charge on any atom is -0.395 e. The highest BCUT2D eigenvalue weighted by Gasteiger charge is 2.17. The van der Waals surface area contributed by atoms with Gasteiger partial charge in [-0.2, -0.15) is 5.10 Å². The first-order valence-electron chi connectivity index (χ1n) is 6.73. The first kappa shape index (κ1) is 16.0. The molecule has 20 heavy (non-hydrogen) atoms. The van der Waals surface area contributed by atoms with E-state index in [1.807, 2.05) is 13.8 Å². The zero-order valence-electron chi connectivity index (χ0n) is 12.5. The van der Waals surface area contributed by atoms with Crippen molar-refractivity contribution in [1.82, 2.24) is 20.4 Å². The van der Waals surface area contributed by atoms with Crippen LogP contribution in [0, 0.1) is 6.92 Å². The topological polar surface area (TPSA) is 102 Å². The van der Waals surface area contributed by atoms with Crippen LogP contribution in [-0.2, 0) is 11.8 Å². The molecule has 0 aliphatic rings. The van der Waals surface area contributed by atoms with Crippen molar-refractivity contribution in [3.8, 4) is 0 Å². The Kier molecular flexibility index (Phi) is 5.54. The minimum atomic E-state index is -0.318. The highest BCUT2D eigenvalue weighted by Crippen LogP contribution is 2.14. The van der Waals surface area contributed by atoms with Gasteiger partial charge < -0.3 is 16.4 Å². The summed E-state index contributed by atoms with van der Waals surface area (Å²) in [5, 5.41) is 9.59. The maximum Gasteiger partial charge on any atom is 0.271 e. The van der Waals surface area contributed by atoms with Gasteiger partial charge in [-0.1, -0.05) is 6.92 Å². The van der Waals surface area contributed by atoms with Gasteiger partial charge in [-0.25, -0.2) is 0 Å². The fourth-order valence-electron chi connectivity index (χ4n) is 1.77. The van der Waals surface area contributed by atoms with Gasteiger partial charge in [-0.05, 0) is 20.3 Å². The Bertz CT molecular complexity index is 495. The van der Waals surface area contributed by atoms with Gasteiger partial charge >= 0.3 is 0 Å². The van der Waals surface area contributed by atoms with Crippen molar-refractivity contribution in [3.63, 3.8) is 0 Å². The van der Waals surface area contributed by atoms with Gasteiger partial charge in [0, 0.05) is 26.1 Å². The van der Waals surface area contributed by atoms with Crippen LogP contribution < -0.4 is 16.4 Å². The summed E-state index contributed by atoms with van der Waals surface area (Å²) in [6.45, 7) is 5.95. The van der Waals surface area contributed by atoms with Crippen LogP contribution in [0.15, 0.2) is 0 Å². The van der Waals surface area contributed by atoms with Crippen molar-refractivity contribution < 1.29 is 9.59 Å². The average Bonchev–Trinajstić information content (AvgIpc) is 2.62. The Morgan fingerprint density at radius 2 is 2.10 bits per heavy atom. The highest BCUT2D eigenvalue weighted by atomic mass is 16.2. The number of nitrogen functional groups attached to an aromatic ring is 1. The molecule has 2 amide bonds. The Balaban J connectivity index is 2.46. The third-order valence-electron chi connectivity index (χ3n) is 3.14. The molecule has 0 saturated carbocycles. The van der Waals surface area contributed by atoms with E-state index < -0.39 is 0 Å². The maximum atomic E-state index is 12.0. The Morgan fingerprint density at radius 3 is 2.60 bits per heavy atom. The van der Waals surface area contributed by atoms with E-state index in [1.165, 1.54) is 4.68 Å². The lowest BCUT2D eigenvalue weighted by Crippen LogP contribution is -2.35. The van der Waals surface area contributed by atoms with Crippen LogP contribution in [0.25, 0.3) is 0 Å². The molecule has 0 saturated heterocycles. The molecule has 0 bridgehead atoms. The van der Waals surface area contributed by atoms with Crippen LogP contribution in [0.2, 0.25) is 0 Å². The lowest BCUT2D eigenvalue weighted by molar-refractivity contribution is -0.121. The second kappa shape index (κ2) is 6.93. The molecule has 1 atom stereocenters. The molecule has 0 fully saturated rings. The molecule has 1 heterocycles. The van der Waals surface area contributed by atoms with Crippen molar-refractivity contribution in [3.05, 3.63) is 11.4 Å². The standard InChI is InChI=1S/C13H23N5O2/c1-5-8(2)16-10(19)6-7-15-13(20)12-11(14)9(3)17-18(12)4/h8H,5-7,14H2,1-4H3,(H,15,20)(H,16,19). The van der Waals surface area contributed by atoms with Gasteiger partial charge in [0.2, 0.25) is 5.91 Å². The molecule has 0 aliphatic carbocycles. The summed E-state index contributed by atoms with van der Waals surface area (Å²) in [7, 11) is 1.66. The molecular weight excluding hydrogens is 258 g/mol. The van der Waals surface area contributed by atoms with Crippen LogP contribution in [-0.4, -0.2) is 34.2 Å². The lowest BCUT2D eigenvalue weighted by Gasteiger charge is -2.11. The van der Waals surface area contributed by atoms with E-state index in [2.05, 4.69) is 15.7 Å². The molecule has 0 radical (unpaired) electrons. The van der Waals surface area contributed by atoms with E-state index in [4.69, 9.17) is 5.73 Å². The van der Waals surface area contributed by atoms with E-state index in [9.17, 15) is 9.59 Å². The first-order chi connectivity index (χ1) is 9.36. The van der Waals surface area contributed by atoms with Gasteiger partial charge in [0.05, 0.1) is 11.4 Å². The zero-order valence-corrected chi connectivity index (χ0v) is 12.5. The van der Waals surface area contributed by atoms with Gasteiger partial charge in [-0.3, -0.25) is 14.3 Å². The molecule has 1 aromatic rings. The van der Waals surface area contributed by atoms with Crippen LogP contribution in [0.3, 0.4) is 0 Å². The van der Waals surface area contributed by atoms with Crippen molar-refractivity contribution in [2.24, 2.45) is 7.05 Å². The fraction of sp³-hybridized carbons (Fsp3) is 0.615. The largest absolute Gasteiger partial charge is 0.395 e. The number of nitrogens with one attached hydrogen (secondary N) is 2. The van der Waals surface area contributed by atoms with Crippen molar-refractivity contribution in [1.29, 1.82) is 0 Å². The molecule has 1 rings (SSSR count). The molecule has 7 nitrogen and oxygen atoms in total. The number of nitrogens with two attached hydrogens (primary N) is 1. The normalized spacial score (nSPS) is 12.0. The monoisotopic (exact) mass is 281 g/mol. The van der Waals surface area contributed by atoms with Gasteiger partial charge in [0.25, 0.3) is 5.91 Å². The summed E-state index contributed by atoms with van der Waals surface area (Å²) in [5.74, 6) is -0.393. The fourth-order valence-corrected chi connectivity index (χ4v) is 1.77. The Labute approximate surface area is 118 Å². The number of amides is 2. The zero-order chi connectivity index (χ0) is 15.3. The summed E-state index contributed by atoms with van der Waals surface area (Å²) in [4.78, 5) is 23.5. The molecule has 0 aromatic carbocycles. The van der Waals surface area contributed by atoms with E-state index in [0.29, 0.717) is 17.1 Å². The summed E-state index contributed by atoms with van der Waals surface area (Å²) >= 11 is 0. The van der Waals surface area contributed by atoms with Gasteiger partial charge in [-0.15, -0.1) is 0 Å². The number of carbonyl (C=O) groups excluding carboxylic acids is 2. The predicted molar refractivity (Wildman–Crippen MR) is 77.2 cm³/mol. The Hall–Kier alpha value is -2.05. The number of nitrogens with zero attached hydrogens (tertiary/aromatic N) is 2. The van der Waals surface area contributed by atoms with Crippen molar-refractivity contribution >= 4 is 17.5 Å². The van der Waals surface area contributed by atoms with Crippen molar-refractivity contribution in [2.45, 2.75) is 39.7 Å². The van der Waals surface area contributed by atoms with Crippen LogP contribution in [0.4, 0.5) is 5.69 Å². The highest BCUT2D eigenvalue weighted by molar-refractivity contribution is 5.98. The first-order valence-corrected chi connectivity index (χ1v) is 6.73. The van der Waals surface area contributed by atoms with Crippen LogP contribution in [0.5, 0.6) is 0 Å². The lowest BCUT2D eigenvalue weighted by atomic mass is 10.2. The van der Waals surface area contributed by atoms with Gasteiger partial charge in [0.15, 0.2) is 0 Å². The molecule has 0 aliphatic heterocycles. The minimum absolute atomic E-state index is 0.0752. The third kappa shape index (κ3) is 3.97. The number of rotatable bonds is 6. The number of hydrogen-bond acceptors (Lipinski definition) is 4. The summed E-state index contributed by atoms with van der Waals surface area (Å²) in [6, 6.07) is 0.147. The third-order valence-corrected chi connectivity index (χ3v) is 3.14. The van der Waals surface area contributed by atoms with E-state index in [0.717, 1.165) is 6.42 Å². The number of aromatic nitrogens is 2. The number of hydrogen-bond donors (Lipinski definition) is 3. The summed E-state index contributed by atoms with van der Waals surface area (Å²) in [6.07, 6.45) is 1.12. The number of aryl methyl sites for hydroxylation is 2. The molecule has 4 N–H and O–H groups in total. The van der Waals surface area contributed by atoms with Crippen LogP contribution >= 0.6 is 0 Å². The van der Waals surface area contributed by atoms with Crippen molar-refractivity contribution in [2.75, 3.05) is 12.3 Å². The average molecular weight is 281 g/mol. The molecule has 7 heteroatoms. The van der Waals surface area contributed by atoms with Gasteiger partial charge in [0.1, 0.15) is 5.69 Å². The predicted octanol–water partition coefficient (Wildman–Crippen LogP) is 0.345. The Morgan fingerprint density at radius 1 is 1.45 bits per heavy atom. The molecular formula is C13H23N5O2. The second-order valence-corrected chi connectivity index (χ2v) is 4.85. The van der Waals surface area contributed by atoms with E-state index >= 15 is 0 Å². The number of anilines is 1. The SMILES string of the molecule is CCC(C)NC(=O)CCNC(=O)c1c(N)c(C)nn1C. The molecule has 1 aromatic heterocycles. The second-order valence-electron chi connectivity index (χ2n) is 4.85. The van der Waals surface area contributed by atoms with Crippen LogP contribution in [0.1, 0.15) is 42.9 Å².